The van der Waals surface area contributed by atoms with E-state index in [1.165, 1.54) is 21.1 Å². The van der Waals surface area contributed by atoms with Crippen LogP contribution in [0, 0.1) is 0 Å². The SMILES string of the molecule is CCCCO[C@H]1c2c(cc(OC)c(C(C)=O)c2OC)OC(C)(C)[C@@H]1O. The first kappa shape index (κ1) is 19.5. The van der Waals surface area contributed by atoms with Gasteiger partial charge in [0, 0.05) is 12.7 Å². The number of ether oxygens (including phenoxy) is 4. The van der Waals surface area contributed by atoms with Gasteiger partial charge in [-0.2, -0.15) is 0 Å². The molecule has 0 unspecified atom stereocenters. The van der Waals surface area contributed by atoms with Gasteiger partial charge in [0.2, 0.25) is 0 Å². The van der Waals surface area contributed by atoms with Gasteiger partial charge in [0.25, 0.3) is 0 Å². The fourth-order valence-corrected chi connectivity index (χ4v) is 3.08. The van der Waals surface area contributed by atoms with E-state index in [0.29, 0.717) is 35.0 Å². The molecule has 0 spiro atoms. The van der Waals surface area contributed by atoms with Crippen LogP contribution in [0.3, 0.4) is 0 Å². The minimum atomic E-state index is -0.904. The Kier molecular flexibility index (Phi) is 5.95. The lowest BCUT2D eigenvalue weighted by Gasteiger charge is -2.42. The number of hydrogen-bond acceptors (Lipinski definition) is 6. The zero-order valence-corrected chi connectivity index (χ0v) is 15.8. The number of hydrogen-bond donors (Lipinski definition) is 1. The van der Waals surface area contributed by atoms with Crippen LogP contribution in [0.4, 0.5) is 0 Å². The number of benzene rings is 1. The average Bonchev–Trinajstić information content (AvgIpc) is 2.56. The van der Waals surface area contributed by atoms with Gasteiger partial charge < -0.3 is 24.1 Å². The molecule has 0 fully saturated rings. The van der Waals surface area contributed by atoms with Gasteiger partial charge in [-0.15, -0.1) is 0 Å². The number of unbranched alkanes of at least 4 members (excludes halogenated alkanes) is 1. The predicted octanol–water partition coefficient (Wildman–Crippen LogP) is 3.30. The van der Waals surface area contributed by atoms with E-state index in [2.05, 4.69) is 6.92 Å². The summed E-state index contributed by atoms with van der Waals surface area (Å²) in [6.07, 6.45) is 0.300. The van der Waals surface area contributed by atoms with E-state index >= 15 is 0 Å². The first-order valence-electron chi connectivity index (χ1n) is 8.56. The van der Waals surface area contributed by atoms with Crippen molar-refractivity contribution in [2.75, 3.05) is 20.8 Å². The lowest BCUT2D eigenvalue weighted by atomic mass is 9.86. The molecule has 6 nitrogen and oxygen atoms in total. The van der Waals surface area contributed by atoms with Crippen LogP contribution in [0.2, 0.25) is 0 Å². The second-order valence-corrected chi connectivity index (χ2v) is 6.75. The molecule has 1 aromatic carbocycles. The summed E-state index contributed by atoms with van der Waals surface area (Å²) < 4.78 is 22.9. The summed E-state index contributed by atoms with van der Waals surface area (Å²) in [5.41, 5.74) is 0.0252. The summed E-state index contributed by atoms with van der Waals surface area (Å²) in [7, 11) is 2.97. The van der Waals surface area contributed by atoms with Crippen molar-refractivity contribution in [1.29, 1.82) is 0 Å². The zero-order chi connectivity index (χ0) is 18.8. The summed E-state index contributed by atoms with van der Waals surface area (Å²) in [6.45, 7) is 7.62. The Labute approximate surface area is 149 Å². The maximum Gasteiger partial charge on any atom is 0.167 e. The highest BCUT2D eigenvalue weighted by molar-refractivity contribution is 6.00. The maximum absolute atomic E-state index is 12.2. The molecular formula is C19H28O6. The molecule has 0 amide bonds. The molecular weight excluding hydrogens is 324 g/mol. The summed E-state index contributed by atoms with van der Waals surface area (Å²) in [6, 6.07) is 1.67. The van der Waals surface area contributed by atoms with E-state index in [-0.39, 0.29) is 5.78 Å². The monoisotopic (exact) mass is 352 g/mol. The molecule has 1 N–H and O–H groups in total. The number of fused-ring (bicyclic) bond motifs is 1. The maximum atomic E-state index is 12.2. The second kappa shape index (κ2) is 7.62. The summed E-state index contributed by atoms with van der Waals surface area (Å²) in [5, 5.41) is 10.8. The summed E-state index contributed by atoms with van der Waals surface area (Å²) in [5.74, 6) is 1.01. The third-order valence-electron chi connectivity index (χ3n) is 4.47. The van der Waals surface area contributed by atoms with E-state index in [1.54, 1.807) is 19.9 Å². The van der Waals surface area contributed by atoms with Crippen molar-refractivity contribution in [3.63, 3.8) is 0 Å². The van der Waals surface area contributed by atoms with E-state index in [1.807, 2.05) is 0 Å². The molecule has 1 aromatic rings. The quantitative estimate of drug-likeness (QED) is 0.599. The summed E-state index contributed by atoms with van der Waals surface area (Å²) >= 11 is 0. The van der Waals surface area contributed by atoms with Gasteiger partial charge in [-0.25, -0.2) is 0 Å². The van der Waals surface area contributed by atoms with Gasteiger partial charge in [-0.1, -0.05) is 13.3 Å². The highest BCUT2D eigenvalue weighted by atomic mass is 16.5. The summed E-state index contributed by atoms with van der Waals surface area (Å²) in [4.78, 5) is 12.2. The van der Waals surface area contributed by atoms with Crippen molar-refractivity contribution >= 4 is 5.78 Å². The number of aliphatic hydroxyl groups excluding tert-OH is 1. The number of methoxy groups -OCH3 is 2. The molecule has 140 valence electrons. The van der Waals surface area contributed by atoms with Crippen molar-refractivity contribution < 1.29 is 28.8 Å². The Morgan fingerprint density at radius 2 is 2.00 bits per heavy atom. The Morgan fingerprint density at radius 3 is 2.52 bits per heavy atom. The van der Waals surface area contributed by atoms with Crippen molar-refractivity contribution in [3.05, 3.63) is 17.2 Å². The standard InChI is InChI=1S/C19H28O6/c1-7-8-9-24-17-15-13(25-19(3,4)18(17)21)10-12(22-5)14(11(2)20)16(15)23-6/h10,17-18,21H,7-9H2,1-6H3/t17-,18+/m0/s1. The Bertz CT molecular complexity index is 637. The van der Waals surface area contributed by atoms with Gasteiger partial charge >= 0.3 is 0 Å². The van der Waals surface area contributed by atoms with Crippen LogP contribution < -0.4 is 14.2 Å². The van der Waals surface area contributed by atoms with E-state index < -0.39 is 17.8 Å². The predicted molar refractivity (Wildman–Crippen MR) is 93.9 cm³/mol. The molecule has 1 aliphatic rings. The molecule has 0 aliphatic carbocycles. The smallest absolute Gasteiger partial charge is 0.167 e. The van der Waals surface area contributed by atoms with Gasteiger partial charge in [0.15, 0.2) is 5.78 Å². The Balaban J connectivity index is 2.66. The fraction of sp³-hybridized carbons (Fsp3) is 0.632. The lowest BCUT2D eigenvalue weighted by molar-refractivity contribution is -0.136. The first-order chi connectivity index (χ1) is 11.8. The van der Waals surface area contributed by atoms with Crippen LogP contribution in [-0.4, -0.2) is 43.4 Å². The van der Waals surface area contributed by atoms with E-state index in [0.717, 1.165) is 12.8 Å². The minimum absolute atomic E-state index is 0.192. The molecule has 1 aliphatic heterocycles. The van der Waals surface area contributed by atoms with Gasteiger partial charge in [-0.05, 0) is 27.2 Å². The van der Waals surface area contributed by atoms with Gasteiger partial charge in [-0.3, -0.25) is 4.79 Å². The number of carbonyl (C=O) groups excluding carboxylic acids is 1. The average molecular weight is 352 g/mol. The van der Waals surface area contributed by atoms with Crippen LogP contribution in [0.15, 0.2) is 6.07 Å². The Hall–Kier alpha value is -1.79. The van der Waals surface area contributed by atoms with Crippen molar-refractivity contribution in [1.82, 2.24) is 0 Å². The molecule has 6 heteroatoms. The minimum Gasteiger partial charge on any atom is -0.496 e. The highest BCUT2D eigenvalue weighted by Crippen LogP contribution is 2.50. The van der Waals surface area contributed by atoms with Crippen molar-refractivity contribution in [2.24, 2.45) is 0 Å². The van der Waals surface area contributed by atoms with Gasteiger partial charge in [0.05, 0.1) is 19.8 Å². The highest BCUT2D eigenvalue weighted by Gasteiger charge is 2.46. The largest absolute Gasteiger partial charge is 0.496 e. The zero-order valence-electron chi connectivity index (χ0n) is 15.8. The normalized spacial score (nSPS) is 21.2. The second-order valence-electron chi connectivity index (χ2n) is 6.75. The molecule has 0 saturated heterocycles. The molecule has 25 heavy (non-hydrogen) atoms. The van der Waals surface area contributed by atoms with Crippen molar-refractivity contribution in [2.45, 2.75) is 58.3 Å². The number of ketones is 1. The van der Waals surface area contributed by atoms with Crippen LogP contribution >= 0.6 is 0 Å². The molecule has 0 radical (unpaired) electrons. The molecule has 1 heterocycles. The molecule has 0 bridgehead atoms. The molecule has 0 saturated carbocycles. The van der Waals surface area contributed by atoms with Crippen molar-refractivity contribution in [3.8, 4) is 17.2 Å². The number of rotatable bonds is 7. The number of Topliss-reactive ketones (excluding diaryl/α,β-unsaturated/α-hetero) is 1. The van der Waals surface area contributed by atoms with E-state index in [9.17, 15) is 9.90 Å². The third-order valence-corrected chi connectivity index (χ3v) is 4.47. The molecule has 0 aromatic heterocycles. The molecule has 2 atom stereocenters. The topological polar surface area (TPSA) is 74.2 Å². The lowest BCUT2D eigenvalue weighted by Crippen LogP contribution is -2.49. The number of carbonyl (C=O) groups is 1. The number of aliphatic hydroxyl groups is 1. The van der Waals surface area contributed by atoms with Crippen LogP contribution in [0.1, 0.15) is 62.6 Å². The molecule has 2 rings (SSSR count). The fourth-order valence-electron chi connectivity index (χ4n) is 3.08. The van der Waals surface area contributed by atoms with Crippen LogP contribution in [0.5, 0.6) is 17.2 Å². The van der Waals surface area contributed by atoms with E-state index in [4.69, 9.17) is 18.9 Å². The van der Waals surface area contributed by atoms with Crippen LogP contribution in [0.25, 0.3) is 0 Å². The first-order valence-corrected chi connectivity index (χ1v) is 8.56. The third kappa shape index (κ3) is 3.60. The van der Waals surface area contributed by atoms with Gasteiger partial charge in [0.1, 0.15) is 40.6 Å². The van der Waals surface area contributed by atoms with Crippen LogP contribution in [-0.2, 0) is 4.74 Å². The Morgan fingerprint density at radius 1 is 1.32 bits per heavy atom.